The molecule has 4 atom stereocenters. The average molecular weight is 406 g/mol. The fraction of sp³-hybridized carbons (Fsp3) is 0.381. The van der Waals surface area contributed by atoms with Crippen LogP contribution in [0, 0.1) is 5.92 Å². The lowest BCUT2D eigenvalue weighted by Gasteiger charge is -2.19. The van der Waals surface area contributed by atoms with Crippen molar-refractivity contribution in [3.8, 4) is 5.75 Å². The van der Waals surface area contributed by atoms with E-state index in [0.717, 1.165) is 11.1 Å². The number of rotatable bonds is 4. The number of carbonyl (C=O) groups is 1. The Balaban J connectivity index is 1.61. The molecule has 1 fully saturated rings. The predicted molar refractivity (Wildman–Crippen MR) is 100.0 cm³/mol. The monoisotopic (exact) mass is 406 g/mol. The van der Waals surface area contributed by atoms with Gasteiger partial charge in [0.1, 0.15) is 5.75 Å². The first-order chi connectivity index (χ1) is 13.9. The summed E-state index contributed by atoms with van der Waals surface area (Å²) >= 11 is 0. The highest BCUT2D eigenvalue weighted by molar-refractivity contribution is 5.84. The van der Waals surface area contributed by atoms with Crippen molar-refractivity contribution in [1.29, 1.82) is 0 Å². The highest BCUT2D eigenvalue weighted by Crippen LogP contribution is 2.61. The largest absolute Gasteiger partial charge is 0.491 e. The van der Waals surface area contributed by atoms with E-state index in [9.17, 15) is 18.0 Å². The zero-order valence-electron chi connectivity index (χ0n) is 15.4. The molecule has 1 aliphatic carbocycles. The van der Waals surface area contributed by atoms with Gasteiger partial charge in [-0.3, -0.25) is 10.0 Å². The van der Waals surface area contributed by atoms with Gasteiger partial charge in [0.15, 0.2) is 0 Å². The molecule has 1 amide bonds. The quantitative estimate of drug-likeness (QED) is 0.526. The van der Waals surface area contributed by atoms with Crippen LogP contribution in [0.1, 0.15) is 35.8 Å². The molecule has 154 valence electrons. The molecule has 0 radical (unpaired) electrons. The summed E-state index contributed by atoms with van der Waals surface area (Å²) in [6.07, 6.45) is -4.96. The number of benzene rings is 2. The first-order valence-corrected chi connectivity index (χ1v) is 9.46. The zero-order chi connectivity index (χ0) is 20.6. The smallest absolute Gasteiger partial charge is 0.391 e. The number of halogens is 3. The Morgan fingerprint density at radius 1 is 1.14 bits per heavy atom. The molecule has 0 spiro atoms. The molecule has 1 aliphatic heterocycles. The van der Waals surface area contributed by atoms with Crippen molar-refractivity contribution in [2.75, 3.05) is 11.9 Å². The normalized spacial score (nSPS) is 25.8. The number of fused-ring (bicyclic) bond motifs is 1. The summed E-state index contributed by atoms with van der Waals surface area (Å²) in [5.74, 6) is -0.713. The standard InChI is InChI=1S/C21H21F3N2O3/c22-21(23,24)11-14-8-9-29-16-7-6-13(10-15(16)25-14)18-17(19(18)20(27)26-28)12-4-2-1-3-5-12/h1-7,10,14,17-19,25,28H,8-9,11H2,(H,26,27)/t14?,17-,18-,19-/m1/s1. The van der Waals surface area contributed by atoms with Crippen molar-refractivity contribution in [1.82, 2.24) is 5.48 Å². The van der Waals surface area contributed by atoms with Crippen LogP contribution < -0.4 is 15.5 Å². The van der Waals surface area contributed by atoms with Gasteiger partial charge in [0.2, 0.25) is 5.91 Å². The van der Waals surface area contributed by atoms with Gasteiger partial charge < -0.3 is 10.1 Å². The minimum Gasteiger partial charge on any atom is -0.491 e. The van der Waals surface area contributed by atoms with Crippen LogP contribution in [0.2, 0.25) is 0 Å². The number of anilines is 1. The second kappa shape index (κ2) is 7.59. The van der Waals surface area contributed by atoms with Crippen LogP contribution in [0.15, 0.2) is 48.5 Å². The van der Waals surface area contributed by atoms with E-state index in [-0.39, 0.29) is 24.9 Å². The Hall–Kier alpha value is -2.74. The molecule has 2 aliphatic rings. The van der Waals surface area contributed by atoms with Crippen LogP contribution in [0.5, 0.6) is 5.75 Å². The molecule has 2 aromatic rings. The second-order valence-electron chi connectivity index (χ2n) is 7.52. The fourth-order valence-electron chi connectivity index (χ4n) is 4.25. The number of hydroxylamine groups is 1. The summed E-state index contributed by atoms with van der Waals surface area (Å²) in [5.41, 5.74) is 4.01. The Morgan fingerprint density at radius 3 is 2.55 bits per heavy atom. The van der Waals surface area contributed by atoms with E-state index >= 15 is 0 Å². The number of carbonyl (C=O) groups excluding carboxylic acids is 1. The van der Waals surface area contributed by atoms with Gasteiger partial charge in [-0.25, -0.2) is 5.48 Å². The number of amides is 1. The maximum absolute atomic E-state index is 12.8. The molecule has 3 N–H and O–H groups in total. The maximum atomic E-state index is 12.8. The average Bonchev–Trinajstić information content (AvgIpc) is 3.45. The van der Waals surface area contributed by atoms with Crippen molar-refractivity contribution < 1.29 is 27.9 Å². The van der Waals surface area contributed by atoms with Crippen LogP contribution in [0.25, 0.3) is 0 Å². The number of hydrogen-bond acceptors (Lipinski definition) is 4. The molecule has 8 heteroatoms. The zero-order valence-corrected chi connectivity index (χ0v) is 15.4. The predicted octanol–water partition coefficient (Wildman–Crippen LogP) is 4.20. The maximum Gasteiger partial charge on any atom is 0.391 e. The molecule has 1 saturated carbocycles. The topological polar surface area (TPSA) is 70.6 Å². The van der Waals surface area contributed by atoms with E-state index in [1.54, 1.807) is 17.6 Å². The molecule has 5 nitrogen and oxygen atoms in total. The van der Waals surface area contributed by atoms with Crippen LogP contribution in [-0.4, -0.2) is 29.9 Å². The summed E-state index contributed by atoms with van der Waals surface area (Å²) in [5, 5.41) is 12.1. The van der Waals surface area contributed by atoms with Crippen molar-refractivity contribution >= 4 is 11.6 Å². The number of ether oxygens (including phenoxy) is 1. The van der Waals surface area contributed by atoms with E-state index < -0.39 is 30.5 Å². The van der Waals surface area contributed by atoms with E-state index in [1.807, 2.05) is 36.4 Å². The molecule has 4 rings (SSSR count). The Bertz CT molecular complexity index is 888. The Morgan fingerprint density at radius 2 is 1.86 bits per heavy atom. The third-order valence-electron chi connectivity index (χ3n) is 5.57. The van der Waals surface area contributed by atoms with Gasteiger partial charge in [-0.15, -0.1) is 0 Å². The summed E-state index contributed by atoms with van der Waals surface area (Å²) in [6.45, 7) is 0.200. The van der Waals surface area contributed by atoms with Gasteiger partial charge in [0, 0.05) is 24.3 Å². The second-order valence-corrected chi connectivity index (χ2v) is 7.52. The number of nitrogens with one attached hydrogen (secondary N) is 2. The first kappa shape index (κ1) is 19.6. The Labute approximate surface area is 165 Å². The van der Waals surface area contributed by atoms with Gasteiger partial charge in [-0.05, 0) is 23.3 Å². The van der Waals surface area contributed by atoms with Crippen molar-refractivity contribution in [2.45, 2.75) is 36.9 Å². The highest BCUT2D eigenvalue weighted by Gasteiger charge is 2.56. The summed E-state index contributed by atoms with van der Waals surface area (Å²) in [7, 11) is 0. The van der Waals surface area contributed by atoms with E-state index in [0.29, 0.717) is 11.4 Å². The lowest BCUT2D eigenvalue weighted by Crippen LogP contribution is -2.27. The lowest BCUT2D eigenvalue weighted by atomic mass is 10.0. The SMILES string of the molecule is O=C(NO)[C@@H]1[C@H](c2ccccc2)[C@H]1c1ccc2c(c1)NC(CC(F)(F)F)CCO2. The van der Waals surface area contributed by atoms with Gasteiger partial charge in [0.05, 0.1) is 24.6 Å². The molecule has 2 aromatic carbocycles. The van der Waals surface area contributed by atoms with Crippen LogP contribution >= 0.6 is 0 Å². The molecular weight excluding hydrogens is 385 g/mol. The van der Waals surface area contributed by atoms with E-state index in [2.05, 4.69) is 5.32 Å². The van der Waals surface area contributed by atoms with Crippen LogP contribution in [0.3, 0.4) is 0 Å². The first-order valence-electron chi connectivity index (χ1n) is 9.46. The Kier molecular flexibility index (Phi) is 5.12. The van der Waals surface area contributed by atoms with Crippen LogP contribution in [-0.2, 0) is 4.79 Å². The third kappa shape index (κ3) is 4.17. The van der Waals surface area contributed by atoms with Gasteiger partial charge in [0.25, 0.3) is 0 Å². The van der Waals surface area contributed by atoms with Gasteiger partial charge in [-0.2, -0.15) is 13.2 Å². The van der Waals surface area contributed by atoms with Crippen LogP contribution in [0.4, 0.5) is 18.9 Å². The number of alkyl halides is 3. The molecule has 0 bridgehead atoms. The lowest BCUT2D eigenvalue weighted by molar-refractivity contribution is -0.137. The molecule has 0 saturated heterocycles. The summed E-state index contributed by atoms with van der Waals surface area (Å²) in [4.78, 5) is 12.2. The highest BCUT2D eigenvalue weighted by atomic mass is 19.4. The van der Waals surface area contributed by atoms with Gasteiger partial charge >= 0.3 is 6.18 Å². The summed E-state index contributed by atoms with van der Waals surface area (Å²) in [6, 6.07) is 14.0. The third-order valence-corrected chi connectivity index (χ3v) is 5.57. The minimum atomic E-state index is -4.26. The van der Waals surface area contributed by atoms with E-state index in [4.69, 9.17) is 9.94 Å². The van der Waals surface area contributed by atoms with E-state index in [1.165, 1.54) is 0 Å². The fourth-order valence-corrected chi connectivity index (χ4v) is 4.25. The molecule has 29 heavy (non-hydrogen) atoms. The molecule has 0 aromatic heterocycles. The van der Waals surface area contributed by atoms with Gasteiger partial charge in [-0.1, -0.05) is 36.4 Å². The number of hydrogen-bond donors (Lipinski definition) is 3. The van der Waals surface area contributed by atoms with Crippen molar-refractivity contribution in [3.05, 3.63) is 59.7 Å². The minimum absolute atomic E-state index is 0.112. The summed E-state index contributed by atoms with van der Waals surface area (Å²) < 4.78 is 44.1. The van der Waals surface area contributed by atoms with Crippen molar-refractivity contribution in [3.63, 3.8) is 0 Å². The molecule has 1 unspecified atom stereocenters. The molecule has 1 heterocycles. The molecular formula is C21H21F3N2O3. The van der Waals surface area contributed by atoms with Crippen molar-refractivity contribution in [2.24, 2.45) is 5.92 Å².